The lowest BCUT2D eigenvalue weighted by molar-refractivity contribution is 0.112. The molecular formula is C13H18O4. The zero-order valence-corrected chi connectivity index (χ0v) is 10.5. The van der Waals surface area contributed by atoms with Crippen LogP contribution in [0.25, 0.3) is 0 Å². The fourth-order valence-corrected chi connectivity index (χ4v) is 1.43. The van der Waals surface area contributed by atoms with Crippen LogP contribution < -0.4 is 14.2 Å². The van der Waals surface area contributed by atoms with Crippen molar-refractivity contribution in [3.63, 3.8) is 0 Å². The molecule has 1 aromatic rings. The first-order valence-electron chi connectivity index (χ1n) is 5.60. The third-order valence-electron chi connectivity index (χ3n) is 2.36. The molecule has 0 aromatic heterocycles. The molecule has 0 aliphatic heterocycles. The summed E-state index contributed by atoms with van der Waals surface area (Å²) in [5, 5.41) is 0. The molecule has 1 aromatic carbocycles. The van der Waals surface area contributed by atoms with Gasteiger partial charge in [-0.2, -0.15) is 0 Å². The van der Waals surface area contributed by atoms with Crippen molar-refractivity contribution in [3.8, 4) is 17.2 Å². The third kappa shape index (κ3) is 3.37. The van der Waals surface area contributed by atoms with Gasteiger partial charge in [0.1, 0.15) is 6.29 Å². The lowest BCUT2D eigenvalue weighted by Crippen LogP contribution is -2.02. The molecule has 0 heterocycles. The van der Waals surface area contributed by atoms with Crippen molar-refractivity contribution in [2.75, 3.05) is 20.8 Å². The largest absolute Gasteiger partial charge is 0.493 e. The Hall–Kier alpha value is -1.71. The summed E-state index contributed by atoms with van der Waals surface area (Å²) in [5.74, 6) is 1.58. The summed E-state index contributed by atoms with van der Waals surface area (Å²) in [6.45, 7) is 2.69. The molecule has 94 valence electrons. The smallest absolute Gasteiger partial charge is 0.203 e. The maximum atomic E-state index is 10.8. The van der Waals surface area contributed by atoms with Gasteiger partial charge >= 0.3 is 0 Å². The van der Waals surface area contributed by atoms with Gasteiger partial charge in [0.2, 0.25) is 5.75 Å². The number of methoxy groups -OCH3 is 2. The normalized spacial score (nSPS) is 9.82. The first-order valence-corrected chi connectivity index (χ1v) is 5.60. The third-order valence-corrected chi connectivity index (χ3v) is 2.36. The van der Waals surface area contributed by atoms with Crippen molar-refractivity contribution in [1.82, 2.24) is 0 Å². The molecular weight excluding hydrogens is 220 g/mol. The Labute approximate surface area is 101 Å². The fraction of sp³-hybridized carbons (Fsp3) is 0.462. The molecule has 0 amide bonds. The summed E-state index contributed by atoms with van der Waals surface area (Å²) in [6.07, 6.45) is 2.76. The van der Waals surface area contributed by atoms with E-state index in [0.29, 0.717) is 29.4 Å². The van der Waals surface area contributed by atoms with E-state index in [2.05, 4.69) is 6.92 Å². The van der Waals surface area contributed by atoms with Crippen LogP contribution in [0, 0.1) is 0 Å². The van der Waals surface area contributed by atoms with Gasteiger partial charge in [0.05, 0.1) is 20.8 Å². The highest BCUT2D eigenvalue weighted by Gasteiger charge is 2.13. The predicted octanol–water partition coefficient (Wildman–Crippen LogP) is 2.70. The summed E-state index contributed by atoms with van der Waals surface area (Å²) in [5.41, 5.74) is 0.501. The molecule has 0 bridgehead atoms. The predicted molar refractivity (Wildman–Crippen MR) is 65.3 cm³/mol. The number of benzene rings is 1. The Morgan fingerprint density at radius 3 is 2.18 bits per heavy atom. The van der Waals surface area contributed by atoms with Gasteiger partial charge in [0.25, 0.3) is 0 Å². The number of ether oxygens (including phenoxy) is 3. The molecule has 0 atom stereocenters. The first-order chi connectivity index (χ1) is 8.26. The average Bonchev–Trinajstić information content (AvgIpc) is 2.38. The van der Waals surface area contributed by atoms with Crippen molar-refractivity contribution < 1.29 is 19.0 Å². The lowest BCUT2D eigenvalue weighted by atomic mass is 10.2. The second kappa shape index (κ2) is 6.78. The van der Waals surface area contributed by atoms with Crippen molar-refractivity contribution in [3.05, 3.63) is 17.7 Å². The van der Waals surface area contributed by atoms with Crippen molar-refractivity contribution in [2.24, 2.45) is 0 Å². The minimum absolute atomic E-state index is 0.501. The first kappa shape index (κ1) is 13.4. The van der Waals surface area contributed by atoms with E-state index in [1.807, 2.05) is 0 Å². The number of unbranched alkanes of at least 4 members (excludes halogenated alkanes) is 1. The molecule has 0 fully saturated rings. The van der Waals surface area contributed by atoms with E-state index >= 15 is 0 Å². The number of hydrogen-bond donors (Lipinski definition) is 0. The van der Waals surface area contributed by atoms with Gasteiger partial charge in [-0.3, -0.25) is 4.79 Å². The Kier molecular flexibility index (Phi) is 5.33. The monoisotopic (exact) mass is 238 g/mol. The van der Waals surface area contributed by atoms with E-state index in [4.69, 9.17) is 14.2 Å². The Balaban J connectivity index is 3.01. The standard InChI is InChI=1S/C13H18O4/c1-4-5-6-17-13-11(15-2)7-10(9-14)8-12(13)16-3/h7-9H,4-6H2,1-3H3. The minimum Gasteiger partial charge on any atom is -0.493 e. The van der Waals surface area contributed by atoms with Crippen LogP contribution in [0.15, 0.2) is 12.1 Å². The summed E-state index contributed by atoms with van der Waals surface area (Å²) in [4.78, 5) is 10.8. The van der Waals surface area contributed by atoms with Gasteiger partial charge in [-0.25, -0.2) is 0 Å². The van der Waals surface area contributed by atoms with Crippen molar-refractivity contribution in [1.29, 1.82) is 0 Å². The quantitative estimate of drug-likeness (QED) is 0.541. The Morgan fingerprint density at radius 2 is 1.76 bits per heavy atom. The van der Waals surface area contributed by atoms with Crippen LogP contribution in [-0.4, -0.2) is 27.1 Å². The second-order valence-corrected chi connectivity index (χ2v) is 3.57. The van der Waals surface area contributed by atoms with E-state index < -0.39 is 0 Å². The summed E-state index contributed by atoms with van der Waals surface area (Å²) < 4.78 is 16.0. The van der Waals surface area contributed by atoms with E-state index in [-0.39, 0.29) is 0 Å². The zero-order valence-electron chi connectivity index (χ0n) is 10.5. The Morgan fingerprint density at radius 1 is 1.18 bits per heavy atom. The van der Waals surface area contributed by atoms with Gasteiger partial charge in [-0.1, -0.05) is 13.3 Å². The maximum absolute atomic E-state index is 10.8. The second-order valence-electron chi connectivity index (χ2n) is 3.57. The van der Waals surface area contributed by atoms with Gasteiger partial charge in [-0.05, 0) is 18.6 Å². The molecule has 0 aliphatic rings. The fourth-order valence-electron chi connectivity index (χ4n) is 1.43. The van der Waals surface area contributed by atoms with Crippen LogP contribution in [-0.2, 0) is 0 Å². The van der Waals surface area contributed by atoms with Gasteiger partial charge in [-0.15, -0.1) is 0 Å². The van der Waals surface area contributed by atoms with Crippen LogP contribution in [0.5, 0.6) is 17.2 Å². The van der Waals surface area contributed by atoms with E-state index in [9.17, 15) is 4.79 Å². The van der Waals surface area contributed by atoms with Crippen LogP contribution in [0.4, 0.5) is 0 Å². The zero-order chi connectivity index (χ0) is 12.7. The number of aldehydes is 1. The van der Waals surface area contributed by atoms with E-state index in [1.54, 1.807) is 12.1 Å². The number of carbonyl (C=O) groups is 1. The summed E-state index contributed by atoms with van der Waals surface area (Å²) in [6, 6.07) is 3.27. The molecule has 0 unspecified atom stereocenters. The highest BCUT2D eigenvalue weighted by molar-refractivity contribution is 5.78. The highest BCUT2D eigenvalue weighted by Crippen LogP contribution is 2.38. The van der Waals surface area contributed by atoms with Crippen molar-refractivity contribution in [2.45, 2.75) is 19.8 Å². The number of rotatable bonds is 7. The van der Waals surface area contributed by atoms with E-state index in [0.717, 1.165) is 19.1 Å². The van der Waals surface area contributed by atoms with Crippen LogP contribution in [0.3, 0.4) is 0 Å². The van der Waals surface area contributed by atoms with Gasteiger partial charge < -0.3 is 14.2 Å². The lowest BCUT2D eigenvalue weighted by Gasteiger charge is -2.14. The number of carbonyl (C=O) groups excluding carboxylic acids is 1. The molecule has 0 aliphatic carbocycles. The molecule has 0 radical (unpaired) electrons. The number of hydrogen-bond acceptors (Lipinski definition) is 4. The van der Waals surface area contributed by atoms with E-state index in [1.165, 1.54) is 14.2 Å². The molecule has 4 nitrogen and oxygen atoms in total. The van der Waals surface area contributed by atoms with Crippen molar-refractivity contribution >= 4 is 6.29 Å². The molecule has 0 saturated carbocycles. The van der Waals surface area contributed by atoms with Gasteiger partial charge in [0.15, 0.2) is 11.5 Å². The SMILES string of the molecule is CCCCOc1c(OC)cc(C=O)cc1OC. The summed E-state index contributed by atoms with van der Waals surface area (Å²) in [7, 11) is 3.08. The minimum atomic E-state index is 0.501. The molecule has 0 saturated heterocycles. The van der Waals surface area contributed by atoms with Crippen LogP contribution in [0.2, 0.25) is 0 Å². The maximum Gasteiger partial charge on any atom is 0.203 e. The average molecular weight is 238 g/mol. The Bertz CT molecular complexity index is 349. The molecule has 4 heteroatoms. The molecule has 0 N–H and O–H groups in total. The molecule has 0 spiro atoms. The van der Waals surface area contributed by atoms with Gasteiger partial charge in [0, 0.05) is 5.56 Å². The summed E-state index contributed by atoms with van der Waals surface area (Å²) >= 11 is 0. The molecule has 1 rings (SSSR count). The molecule has 17 heavy (non-hydrogen) atoms. The highest BCUT2D eigenvalue weighted by atomic mass is 16.5. The van der Waals surface area contributed by atoms with Crippen LogP contribution in [0.1, 0.15) is 30.1 Å². The van der Waals surface area contributed by atoms with Crippen LogP contribution >= 0.6 is 0 Å². The topological polar surface area (TPSA) is 44.8 Å².